The normalized spacial score (nSPS) is 27.3. The monoisotopic (exact) mass is 795 g/mol. The molecule has 0 aliphatic carbocycles. The number of esters is 4. The molecule has 2 N–H and O–H groups in total. The highest BCUT2D eigenvalue weighted by Gasteiger charge is 2.39. The van der Waals surface area contributed by atoms with Gasteiger partial charge in [0.1, 0.15) is 24.2 Å². The predicted molar refractivity (Wildman–Crippen MR) is 205 cm³/mol. The number of carbonyl (C=O) groups is 8. The van der Waals surface area contributed by atoms with Crippen molar-refractivity contribution >= 4 is 53.2 Å². The molecule has 0 spiro atoms. The smallest absolute Gasteiger partial charge is 0.329 e. The molecule has 4 amide bonds. The van der Waals surface area contributed by atoms with E-state index in [0.717, 1.165) is 19.6 Å². The average molecular weight is 796 g/mol. The summed E-state index contributed by atoms with van der Waals surface area (Å²) in [4.78, 5) is 112. The van der Waals surface area contributed by atoms with Gasteiger partial charge in [0.15, 0.2) is 24.4 Å². The van der Waals surface area contributed by atoms with Gasteiger partial charge >= 0.3 is 23.9 Å². The summed E-state index contributed by atoms with van der Waals surface area (Å²) in [6.07, 6.45) is -6.05. The first-order valence-electron chi connectivity index (χ1n) is 18.4. The van der Waals surface area contributed by atoms with Gasteiger partial charge in [0, 0.05) is 46.7 Å². The van der Waals surface area contributed by atoms with Crippen LogP contribution in [-0.4, -0.2) is 144 Å². The van der Waals surface area contributed by atoms with Crippen molar-refractivity contribution in [3.63, 3.8) is 0 Å². The SMILES string of the molecule is C[C@H]1OC(=O)[C@H](C)N(C)C(=O)[C@@H](Cc2ccccc2)OC(=O)[C@H](C)N(C)C(=O)[C@@H](C)OC(=O)[C@H](C)N(C)C(=O)[C@@H](Cc2ccc(N)cc2)OC(=O)[C@H](C)N(C)C1=O. The number of amides is 4. The topological polar surface area (TPSA) is 212 Å². The molecule has 57 heavy (non-hydrogen) atoms. The number of nitrogens with zero attached hydrogens (tertiary/aromatic N) is 4. The van der Waals surface area contributed by atoms with E-state index >= 15 is 0 Å². The number of nitrogen functional groups attached to an aromatic ring is 1. The van der Waals surface area contributed by atoms with Crippen molar-refractivity contribution in [3.8, 4) is 0 Å². The lowest BCUT2D eigenvalue weighted by Gasteiger charge is -2.32. The van der Waals surface area contributed by atoms with Crippen LogP contribution in [0.1, 0.15) is 52.7 Å². The first kappa shape index (κ1) is 45.4. The molecule has 3 rings (SSSR count). The highest BCUT2D eigenvalue weighted by Crippen LogP contribution is 2.18. The van der Waals surface area contributed by atoms with Crippen LogP contribution < -0.4 is 5.73 Å². The largest absolute Gasteiger partial charge is 0.451 e. The highest BCUT2D eigenvalue weighted by atomic mass is 16.6. The molecule has 310 valence electrons. The van der Waals surface area contributed by atoms with Crippen molar-refractivity contribution in [1.82, 2.24) is 19.6 Å². The van der Waals surface area contributed by atoms with E-state index in [1.54, 1.807) is 54.6 Å². The van der Waals surface area contributed by atoms with Crippen LogP contribution in [-0.2, 0) is 70.1 Å². The lowest BCUT2D eigenvalue weighted by atomic mass is 10.1. The summed E-state index contributed by atoms with van der Waals surface area (Å²) in [6.45, 7) is 8.01. The number of cyclic esters (lactones) is 4. The van der Waals surface area contributed by atoms with Crippen LogP contribution in [0.15, 0.2) is 54.6 Å². The number of rotatable bonds is 4. The number of anilines is 1. The quantitative estimate of drug-likeness (QED) is 0.262. The summed E-state index contributed by atoms with van der Waals surface area (Å²) in [7, 11) is 5.17. The van der Waals surface area contributed by atoms with Crippen LogP contribution in [0.5, 0.6) is 0 Å². The molecule has 0 bridgehead atoms. The Labute approximate surface area is 332 Å². The Kier molecular flexibility index (Phi) is 15.7. The molecule has 1 aliphatic rings. The van der Waals surface area contributed by atoms with Crippen molar-refractivity contribution in [1.29, 1.82) is 0 Å². The van der Waals surface area contributed by atoms with E-state index in [9.17, 15) is 38.4 Å². The molecule has 2 aromatic carbocycles. The zero-order valence-electron chi connectivity index (χ0n) is 34.0. The molecule has 0 unspecified atom stereocenters. The number of carbonyl (C=O) groups excluding carboxylic acids is 8. The second-order valence-electron chi connectivity index (χ2n) is 14.1. The second-order valence-corrected chi connectivity index (χ2v) is 14.1. The van der Waals surface area contributed by atoms with Gasteiger partial charge in [-0.1, -0.05) is 42.5 Å². The van der Waals surface area contributed by atoms with E-state index in [1.165, 1.54) is 69.7 Å². The van der Waals surface area contributed by atoms with Crippen molar-refractivity contribution in [2.75, 3.05) is 33.9 Å². The molecule has 0 saturated carbocycles. The maximum Gasteiger partial charge on any atom is 0.329 e. The van der Waals surface area contributed by atoms with Gasteiger partial charge in [-0.3, -0.25) is 19.2 Å². The Balaban J connectivity index is 2.01. The molecule has 0 aromatic heterocycles. The van der Waals surface area contributed by atoms with Gasteiger partial charge in [-0.2, -0.15) is 0 Å². The van der Waals surface area contributed by atoms with Gasteiger partial charge in [-0.15, -0.1) is 0 Å². The molecule has 2 aromatic rings. The Morgan fingerprint density at radius 2 is 0.737 bits per heavy atom. The summed E-state index contributed by atoms with van der Waals surface area (Å²) < 4.78 is 22.2. The van der Waals surface area contributed by atoms with E-state index in [4.69, 9.17) is 24.7 Å². The second kappa shape index (κ2) is 19.7. The van der Waals surface area contributed by atoms with Gasteiger partial charge in [0.25, 0.3) is 23.6 Å². The minimum absolute atomic E-state index is 0.0887. The highest BCUT2D eigenvalue weighted by molar-refractivity contribution is 5.94. The van der Waals surface area contributed by atoms with Crippen molar-refractivity contribution in [2.24, 2.45) is 0 Å². The van der Waals surface area contributed by atoms with Crippen LogP contribution in [0.25, 0.3) is 0 Å². The van der Waals surface area contributed by atoms with Crippen molar-refractivity contribution in [2.45, 2.75) is 103 Å². The predicted octanol–water partition coefficient (Wildman–Crippen LogP) is 1.14. The van der Waals surface area contributed by atoms with Gasteiger partial charge in [0.05, 0.1) is 0 Å². The zero-order valence-corrected chi connectivity index (χ0v) is 34.0. The first-order valence-corrected chi connectivity index (χ1v) is 18.4. The molecule has 17 heteroatoms. The van der Waals surface area contributed by atoms with Gasteiger partial charge in [0.2, 0.25) is 0 Å². The third kappa shape index (κ3) is 11.5. The van der Waals surface area contributed by atoms with Gasteiger partial charge in [-0.05, 0) is 64.8 Å². The van der Waals surface area contributed by atoms with Gasteiger partial charge < -0.3 is 44.3 Å². The van der Waals surface area contributed by atoms with Crippen LogP contribution in [0, 0.1) is 0 Å². The summed E-state index contributed by atoms with van der Waals surface area (Å²) in [5.74, 6) is -7.05. The molecule has 1 aliphatic heterocycles. The summed E-state index contributed by atoms with van der Waals surface area (Å²) in [5, 5.41) is 0. The zero-order chi connectivity index (χ0) is 42.9. The molecule has 1 heterocycles. The molecule has 17 nitrogen and oxygen atoms in total. The summed E-state index contributed by atoms with van der Waals surface area (Å²) in [5.41, 5.74) is 7.45. The third-order valence-corrected chi connectivity index (χ3v) is 10.1. The fraction of sp³-hybridized carbons (Fsp3) is 0.500. The van der Waals surface area contributed by atoms with Crippen LogP contribution in [0.3, 0.4) is 0 Å². The summed E-state index contributed by atoms with van der Waals surface area (Å²) >= 11 is 0. The van der Waals surface area contributed by atoms with Crippen LogP contribution >= 0.6 is 0 Å². The number of hydrogen-bond acceptors (Lipinski definition) is 13. The minimum Gasteiger partial charge on any atom is -0.451 e. The molecule has 8 atom stereocenters. The fourth-order valence-electron chi connectivity index (χ4n) is 5.60. The van der Waals surface area contributed by atoms with Crippen molar-refractivity contribution < 1.29 is 57.3 Å². The number of hydrogen-bond donors (Lipinski definition) is 1. The number of likely N-dealkylation sites (N-methyl/N-ethyl adjacent to an activating group) is 4. The molecular weight excluding hydrogens is 742 g/mol. The lowest BCUT2D eigenvalue weighted by Crippen LogP contribution is -2.53. The van der Waals surface area contributed by atoms with E-state index < -0.39 is 96.1 Å². The average Bonchev–Trinajstić information content (AvgIpc) is 3.20. The molecule has 1 fully saturated rings. The minimum atomic E-state index is -1.50. The van der Waals surface area contributed by atoms with E-state index in [-0.39, 0.29) is 12.8 Å². The molecule has 1 saturated heterocycles. The Hall–Kier alpha value is -6.00. The van der Waals surface area contributed by atoms with E-state index in [1.807, 2.05) is 0 Å². The number of nitrogens with two attached hydrogens (primary N) is 1. The van der Waals surface area contributed by atoms with E-state index in [0.29, 0.717) is 16.8 Å². The molecule has 0 radical (unpaired) electrons. The standard InChI is InChI=1S/C40H53N5O12/c1-22-37(50)54-27(6)34(47)43(8)25(4)40(53)57-32(21-29-16-18-30(41)19-17-29)36(49)45(10)23(2)38(51)55-26(5)33(46)42(7)24(3)39(52)56-31(35(48)44(22)9)20-28-14-12-11-13-15-28/h11-19,22-27,31-32H,20-21,41H2,1-10H3/t22-,23-,24-,25-,26+,27+,31+,32+/m0/s1. The fourth-order valence-corrected chi connectivity index (χ4v) is 5.60. The Morgan fingerprint density at radius 1 is 0.439 bits per heavy atom. The Morgan fingerprint density at radius 3 is 1.09 bits per heavy atom. The maximum absolute atomic E-state index is 13.9. The van der Waals surface area contributed by atoms with Crippen LogP contribution in [0.4, 0.5) is 5.69 Å². The first-order chi connectivity index (χ1) is 26.7. The summed E-state index contributed by atoms with van der Waals surface area (Å²) in [6, 6.07) is 9.96. The lowest BCUT2D eigenvalue weighted by molar-refractivity contribution is -0.174. The van der Waals surface area contributed by atoms with Gasteiger partial charge in [-0.25, -0.2) is 19.2 Å². The van der Waals surface area contributed by atoms with Crippen molar-refractivity contribution in [3.05, 3.63) is 65.7 Å². The number of ether oxygens (including phenoxy) is 4. The number of benzene rings is 2. The molecular formula is C40H53N5O12. The third-order valence-electron chi connectivity index (χ3n) is 10.1. The Bertz CT molecular complexity index is 1810. The maximum atomic E-state index is 13.9. The van der Waals surface area contributed by atoms with Crippen LogP contribution in [0.2, 0.25) is 0 Å². The van der Waals surface area contributed by atoms with E-state index in [2.05, 4.69) is 0 Å².